The van der Waals surface area contributed by atoms with Gasteiger partial charge in [0.25, 0.3) is 0 Å². The molecule has 0 amide bonds. The summed E-state index contributed by atoms with van der Waals surface area (Å²) >= 11 is 5.94. The second-order valence-corrected chi connectivity index (χ2v) is 6.04. The predicted molar refractivity (Wildman–Crippen MR) is 85.6 cm³/mol. The number of aliphatic hydroxyl groups is 1. The molecule has 0 aliphatic carbocycles. The summed E-state index contributed by atoms with van der Waals surface area (Å²) < 4.78 is 14.0. The van der Waals surface area contributed by atoms with Crippen molar-refractivity contribution in [1.82, 2.24) is 0 Å². The van der Waals surface area contributed by atoms with Crippen molar-refractivity contribution in [3.05, 3.63) is 68.0 Å². The van der Waals surface area contributed by atoms with E-state index in [1.165, 1.54) is 23.8 Å². The third kappa shape index (κ3) is 2.70. The van der Waals surface area contributed by atoms with E-state index < -0.39 is 11.9 Å². The Morgan fingerprint density at radius 3 is 1.90 bits per heavy atom. The molecule has 0 fully saturated rings. The molecule has 2 aromatic rings. The second kappa shape index (κ2) is 5.78. The van der Waals surface area contributed by atoms with Crippen molar-refractivity contribution in [1.29, 1.82) is 0 Å². The fraction of sp³-hybridized carbons (Fsp3) is 0.333. The van der Waals surface area contributed by atoms with Crippen molar-refractivity contribution in [2.24, 2.45) is 0 Å². The quantitative estimate of drug-likeness (QED) is 0.818. The summed E-state index contributed by atoms with van der Waals surface area (Å²) in [5, 5.41) is 11.1. The molecule has 0 heterocycles. The van der Waals surface area contributed by atoms with E-state index in [9.17, 15) is 9.50 Å². The molecule has 0 aliphatic heterocycles. The van der Waals surface area contributed by atoms with E-state index in [1.54, 1.807) is 0 Å². The highest BCUT2D eigenvalue weighted by Gasteiger charge is 2.22. The fourth-order valence-electron chi connectivity index (χ4n) is 2.82. The van der Waals surface area contributed by atoms with Gasteiger partial charge in [0, 0.05) is 10.6 Å². The minimum atomic E-state index is -1.01. The van der Waals surface area contributed by atoms with Gasteiger partial charge in [0.1, 0.15) is 11.9 Å². The van der Waals surface area contributed by atoms with Crippen molar-refractivity contribution < 1.29 is 9.50 Å². The average molecular weight is 307 g/mol. The van der Waals surface area contributed by atoms with Gasteiger partial charge in [0.2, 0.25) is 0 Å². The number of hydrogen-bond donors (Lipinski definition) is 1. The van der Waals surface area contributed by atoms with Crippen LogP contribution in [0.3, 0.4) is 0 Å². The van der Waals surface area contributed by atoms with E-state index >= 15 is 0 Å². The van der Waals surface area contributed by atoms with E-state index in [0.717, 1.165) is 27.8 Å². The first-order valence-corrected chi connectivity index (χ1v) is 7.33. The molecule has 1 unspecified atom stereocenters. The maximum atomic E-state index is 14.0. The normalized spacial score (nSPS) is 12.6. The molecule has 0 aromatic heterocycles. The maximum Gasteiger partial charge on any atom is 0.129 e. The van der Waals surface area contributed by atoms with E-state index in [1.807, 2.05) is 27.7 Å². The van der Waals surface area contributed by atoms with E-state index in [0.29, 0.717) is 5.02 Å². The van der Waals surface area contributed by atoms with Gasteiger partial charge in [-0.25, -0.2) is 4.39 Å². The van der Waals surface area contributed by atoms with Crippen LogP contribution in [0.5, 0.6) is 0 Å². The molecule has 0 aliphatic rings. The Morgan fingerprint density at radius 1 is 0.905 bits per heavy atom. The molecule has 0 bridgehead atoms. The van der Waals surface area contributed by atoms with Crippen LogP contribution in [0.15, 0.2) is 18.2 Å². The Labute approximate surface area is 130 Å². The van der Waals surface area contributed by atoms with Crippen molar-refractivity contribution in [2.45, 2.75) is 40.7 Å². The summed E-state index contributed by atoms with van der Waals surface area (Å²) in [6.45, 7) is 10.1. The summed E-state index contributed by atoms with van der Waals surface area (Å²) in [6.07, 6.45) is -1.01. The molecule has 0 radical (unpaired) electrons. The van der Waals surface area contributed by atoms with Crippen LogP contribution in [0.25, 0.3) is 0 Å². The lowest BCUT2D eigenvalue weighted by molar-refractivity contribution is 0.213. The van der Waals surface area contributed by atoms with Crippen molar-refractivity contribution in [2.75, 3.05) is 0 Å². The first kappa shape index (κ1) is 16.0. The largest absolute Gasteiger partial charge is 0.384 e. The third-order valence-corrected chi connectivity index (χ3v) is 4.82. The van der Waals surface area contributed by atoms with Crippen LogP contribution in [0.1, 0.15) is 45.0 Å². The Morgan fingerprint density at radius 2 is 1.38 bits per heavy atom. The molecule has 1 N–H and O–H groups in total. The zero-order chi connectivity index (χ0) is 15.9. The molecular weight excluding hydrogens is 287 g/mol. The lowest BCUT2D eigenvalue weighted by Gasteiger charge is -2.23. The maximum absolute atomic E-state index is 14.0. The fourth-order valence-corrected chi connectivity index (χ4v) is 3.00. The molecule has 1 nitrogen and oxygen atoms in total. The van der Waals surface area contributed by atoms with Crippen molar-refractivity contribution in [3.63, 3.8) is 0 Å². The van der Waals surface area contributed by atoms with Crippen molar-refractivity contribution in [3.8, 4) is 0 Å². The molecule has 0 spiro atoms. The van der Waals surface area contributed by atoms with Crippen molar-refractivity contribution >= 4 is 11.6 Å². The van der Waals surface area contributed by atoms with E-state index in [4.69, 9.17) is 11.6 Å². The molecule has 0 saturated carbocycles. The Hall–Kier alpha value is -1.38. The van der Waals surface area contributed by atoms with Crippen LogP contribution in [0.2, 0.25) is 5.02 Å². The minimum Gasteiger partial charge on any atom is -0.384 e. The Bertz CT molecular complexity index is 678. The zero-order valence-electron chi connectivity index (χ0n) is 13.0. The SMILES string of the molecule is Cc1c(C)c(C)c(C(O)c2cc(Cl)ccc2F)c(C)c1C. The topological polar surface area (TPSA) is 20.2 Å². The summed E-state index contributed by atoms with van der Waals surface area (Å²) in [5.74, 6) is -0.443. The monoisotopic (exact) mass is 306 g/mol. The van der Waals surface area contributed by atoms with Crippen LogP contribution >= 0.6 is 11.6 Å². The highest BCUT2D eigenvalue weighted by atomic mass is 35.5. The molecule has 2 rings (SSSR count). The number of aliphatic hydroxyl groups excluding tert-OH is 1. The second-order valence-electron chi connectivity index (χ2n) is 5.61. The number of hydrogen-bond acceptors (Lipinski definition) is 1. The van der Waals surface area contributed by atoms with Crippen LogP contribution in [-0.4, -0.2) is 5.11 Å². The molecule has 0 saturated heterocycles. The first-order chi connectivity index (χ1) is 9.75. The first-order valence-electron chi connectivity index (χ1n) is 6.95. The third-order valence-electron chi connectivity index (χ3n) is 4.58. The minimum absolute atomic E-state index is 0.219. The lowest BCUT2D eigenvalue weighted by atomic mass is 9.85. The Balaban J connectivity index is 2.69. The molecule has 2 aromatic carbocycles. The number of benzene rings is 2. The van der Waals surface area contributed by atoms with Gasteiger partial charge in [0.15, 0.2) is 0 Å². The van der Waals surface area contributed by atoms with Gasteiger partial charge < -0.3 is 5.11 Å². The summed E-state index contributed by atoms with van der Waals surface area (Å²) in [4.78, 5) is 0. The van der Waals surface area contributed by atoms with Gasteiger partial charge in [-0.1, -0.05) is 11.6 Å². The summed E-state index contributed by atoms with van der Waals surface area (Å²) in [7, 11) is 0. The smallest absolute Gasteiger partial charge is 0.129 e. The van der Waals surface area contributed by atoms with E-state index in [-0.39, 0.29) is 5.56 Å². The molecular formula is C18H20ClFO. The highest BCUT2D eigenvalue weighted by molar-refractivity contribution is 6.30. The van der Waals surface area contributed by atoms with Gasteiger partial charge >= 0.3 is 0 Å². The molecule has 112 valence electrons. The van der Waals surface area contributed by atoms with Crippen LogP contribution in [-0.2, 0) is 0 Å². The van der Waals surface area contributed by atoms with Crippen LogP contribution in [0, 0.1) is 40.4 Å². The molecule has 21 heavy (non-hydrogen) atoms. The lowest BCUT2D eigenvalue weighted by Crippen LogP contribution is -2.10. The van der Waals surface area contributed by atoms with Gasteiger partial charge in [-0.3, -0.25) is 0 Å². The van der Waals surface area contributed by atoms with Crippen LogP contribution < -0.4 is 0 Å². The van der Waals surface area contributed by atoms with Gasteiger partial charge in [-0.15, -0.1) is 0 Å². The summed E-state index contributed by atoms with van der Waals surface area (Å²) in [5.41, 5.74) is 6.48. The predicted octanol–water partition coefficient (Wildman–Crippen LogP) is 5.10. The molecule has 1 atom stereocenters. The number of rotatable bonds is 2. The standard InChI is InChI=1S/C18H20ClFO/c1-9-10(2)12(4)17(13(5)11(9)3)18(21)15-8-14(19)6-7-16(15)20/h6-8,18,21H,1-5H3. The summed E-state index contributed by atoms with van der Waals surface area (Å²) in [6, 6.07) is 4.27. The average Bonchev–Trinajstić information content (AvgIpc) is 2.45. The van der Waals surface area contributed by atoms with E-state index in [2.05, 4.69) is 6.92 Å². The molecule has 3 heteroatoms. The zero-order valence-corrected chi connectivity index (χ0v) is 13.8. The Kier molecular flexibility index (Phi) is 4.40. The number of halogens is 2. The highest BCUT2D eigenvalue weighted by Crippen LogP contribution is 2.35. The van der Waals surface area contributed by atoms with Crippen LogP contribution in [0.4, 0.5) is 4.39 Å². The van der Waals surface area contributed by atoms with Gasteiger partial charge in [-0.05, 0) is 86.2 Å². The van der Waals surface area contributed by atoms with Gasteiger partial charge in [0.05, 0.1) is 0 Å². The van der Waals surface area contributed by atoms with Gasteiger partial charge in [-0.2, -0.15) is 0 Å².